The molecule has 0 bridgehead atoms. The first kappa shape index (κ1) is 19.2. The Labute approximate surface area is 124 Å². The van der Waals surface area contributed by atoms with Crippen LogP contribution in [-0.2, 0) is 14.3 Å². The van der Waals surface area contributed by atoms with Crippen molar-refractivity contribution in [2.45, 2.75) is 39.3 Å². The number of methoxy groups -OCH3 is 1. The third-order valence-corrected chi connectivity index (χ3v) is 3.11. The second kappa shape index (κ2) is 9.98. The molecular weight excluding hydrogens is 278 g/mol. The van der Waals surface area contributed by atoms with Gasteiger partial charge in [0.1, 0.15) is 12.1 Å². The molecule has 0 aliphatic heterocycles. The molecule has 0 rings (SSSR count). The van der Waals surface area contributed by atoms with E-state index in [-0.39, 0.29) is 11.8 Å². The van der Waals surface area contributed by atoms with Gasteiger partial charge in [-0.2, -0.15) is 0 Å². The van der Waals surface area contributed by atoms with Crippen LogP contribution in [0.2, 0.25) is 0 Å². The maximum absolute atomic E-state index is 11.7. The molecule has 3 amide bonds. The normalized spacial score (nSPS) is 14.7. The van der Waals surface area contributed by atoms with E-state index in [0.29, 0.717) is 19.6 Å². The molecule has 0 fully saturated rings. The number of carboxylic acid groups (broad SMARTS) is 1. The molecule has 0 aromatic rings. The number of carbonyl (C=O) groups excluding carboxylic acids is 2. The lowest BCUT2D eigenvalue weighted by Gasteiger charge is -2.21. The van der Waals surface area contributed by atoms with Crippen LogP contribution in [0.4, 0.5) is 4.79 Å². The highest BCUT2D eigenvalue weighted by Crippen LogP contribution is 2.07. The zero-order valence-corrected chi connectivity index (χ0v) is 12.9. The van der Waals surface area contributed by atoms with Gasteiger partial charge in [-0.25, -0.2) is 9.59 Å². The van der Waals surface area contributed by atoms with E-state index in [1.165, 1.54) is 14.0 Å². The van der Waals surface area contributed by atoms with E-state index in [9.17, 15) is 14.4 Å². The maximum atomic E-state index is 11.7. The van der Waals surface area contributed by atoms with E-state index in [2.05, 4.69) is 16.0 Å². The van der Waals surface area contributed by atoms with Crippen LogP contribution in [0.3, 0.4) is 0 Å². The zero-order chi connectivity index (χ0) is 16.4. The molecule has 0 aliphatic rings. The highest BCUT2D eigenvalue weighted by atomic mass is 16.5. The summed E-state index contributed by atoms with van der Waals surface area (Å²) in [6.45, 7) is 5.81. The van der Waals surface area contributed by atoms with Gasteiger partial charge in [-0.1, -0.05) is 20.3 Å². The average molecular weight is 303 g/mol. The predicted octanol–water partition coefficient (Wildman–Crippen LogP) is -0.0640. The first-order chi connectivity index (χ1) is 9.83. The number of carboxylic acids is 1. The van der Waals surface area contributed by atoms with Crippen molar-refractivity contribution in [3.8, 4) is 0 Å². The van der Waals surface area contributed by atoms with Gasteiger partial charge in [-0.05, 0) is 12.8 Å². The van der Waals surface area contributed by atoms with E-state index >= 15 is 0 Å². The number of nitrogens with one attached hydrogen (secondary N) is 3. The molecule has 21 heavy (non-hydrogen) atoms. The fraction of sp³-hybridized carbons (Fsp3) is 0.769. The number of hydrogen-bond donors (Lipinski definition) is 4. The van der Waals surface area contributed by atoms with Crippen molar-refractivity contribution in [1.82, 2.24) is 16.0 Å². The number of rotatable bonds is 9. The Balaban J connectivity index is 4.33. The molecule has 2 unspecified atom stereocenters. The molecule has 0 saturated heterocycles. The summed E-state index contributed by atoms with van der Waals surface area (Å²) in [7, 11) is 1.52. The Bertz CT molecular complexity index is 362. The molecule has 0 spiro atoms. The van der Waals surface area contributed by atoms with E-state index < -0.39 is 24.1 Å². The van der Waals surface area contributed by atoms with E-state index in [4.69, 9.17) is 9.84 Å². The van der Waals surface area contributed by atoms with Gasteiger partial charge < -0.3 is 25.8 Å². The number of amides is 3. The molecule has 4 N–H and O–H groups in total. The van der Waals surface area contributed by atoms with Gasteiger partial charge in [-0.3, -0.25) is 4.79 Å². The molecule has 0 heterocycles. The van der Waals surface area contributed by atoms with Crippen LogP contribution in [0.25, 0.3) is 0 Å². The molecular formula is C13H25N3O5. The molecule has 122 valence electrons. The molecule has 0 saturated carbocycles. The maximum Gasteiger partial charge on any atom is 0.326 e. The van der Waals surface area contributed by atoms with Gasteiger partial charge in [0.2, 0.25) is 5.91 Å². The van der Waals surface area contributed by atoms with Crippen LogP contribution in [0.5, 0.6) is 0 Å². The summed E-state index contributed by atoms with van der Waals surface area (Å²) < 4.78 is 4.79. The third-order valence-electron chi connectivity index (χ3n) is 3.11. The summed E-state index contributed by atoms with van der Waals surface area (Å²) in [5.41, 5.74) is 0. The van der Waals surface area contributed by atoms with Gasteiger partial charge in [0.15, 0.2) is 0 Å². The van der Waals surface area contributed by atoms with Crippen LogP contribution in [-0.4, -0.2) is 55.4 Å². The summed E-state index contributed by atoms with van der Waals surface area (Å²) in [5, 5.41) is 16.4. The lowest BCUT2D eigenvalue weighted by Crippen LogP contribution is -2.54. The second-order valence-corrected chi connectivity index (χ2v) is 4.82. The van der Waals surface area contributed by atoms with Crippen LogP contribution in [0.15, 0.2) is 0 Å². The Morgan fingerprint density at radius 3 is 2.29 bits per heavy atom. The Morgan fingerprint density at radius 2 is 1.81 bits per heavy atom. The summed E-state index contributed by atoms with van der Waals surface area (Å²) in [6, 6.07) is -2.44. The molecule has 0 radical (unpaired) electrons. The molecule has 8 heteroatoms. The third kappa shape index (κ3) is 7.50. The fourth-order valence-corrected chi connectivity index (χ4v) is 1.56. The van der Waals surface area contributed by atoms with Gasteiger partial charge in [0, 0.05) is 13.7 Å². The number of carbonyl (C=O) groups is 3. The highest BCUT2D eigenvalue weighted by molar-refractivity contribution is 5.88. The Hall–Kier alpha value is -1.83. The van der Waals surface area contributed by atoms with Crippen molar-refractivity contribution >= 4 is 17.9 Å². The standard InChI is InChI=1S/C13H25N3O5/c1-5-8(2)10(12(18)19)16-13(20)15-9(3)11(17)14-6-7-21-4/h8-10H,5-7H2,1-4H3,(H,14,17)(H,18,19)(H2,15,16,20)/t8?,9?,10-/m0/s1. The summed E-state index contributed by atoms with van der Waals surface area (Å²) >= 11 is 0. The average Bonchev–Trinajstić information content (AvgIpc) is 2.43. The van der Waals surface area contributed by atoms with Gasteiger partial charge in [0.05, 0.1) is 6.61 Å². The molecule has 0 aromatic carbocycles. The summed E-state index contributed by atoms with van der Waals surface area (Å²) in [6.07, 6.45) is 0.615. The van der Waals surface area contributed by atoms with Gasteiger partial charge in [0.25, 0.3) is 0 Å². The van der Waals surface area contributed by atoms with Crippen LogP contribution in [0, 0.1) is 5.92 Å². The smallest absolute Gasteiger partial charge is 0.326 e. The monoisotopic (exact) mass is 303 g/mol. The highest BCUT2D eigenvalue weighted by Gasteiger charge is 2.26. The fourth-order valence-electron chi connectivity index (χ4n) is 1.56. The second-order valence-electron chi connectivity index (χ2n) is 4.82. The quantitative estimate of drug-likeness (QED) is 0.445. The van der Waals surface area contributed by atoms with Crippen molar-refractivity contribution in [2.24, 2.45) is 5.92 Å². The van der Waals surface area contributed by atoms with Crippen molar-refractivity contribution < 1.29 is 24.2 Å². The lowest BCUT2D eigenvalue weighted by molar-refractivity contribution is -0.140. The number of aliphatic carboxylic acids is 1. The van der Waals surface area contributed by atoms with E-state index in [0.717, 1.165) is 0 Å². The van der Waals surface area contributed by atoms with E-state index in [1.807, 2.05) is 6.92 Å². The van der Waals surface area contributed by atoms with Crippen LogP contribution in [0.1, 0.15) is 27.2 Å². The Kier molecular flexibility index (Phi) is 9.11. The van der Waals surface area contributed by atoms with Crippen LogP contribution >= 0.6 is 0 Å². The minimum atomic E-state index is -1.10. The molecule has 3 atom stereocenters. The minimum Gasteiger partial charge on any atom is -0.480 e. The largest absolute Gasteiger partial charge is 0.480 e. The number of hydrogen-bond acceptors (Lipinski definition) is 4. The minimum absolute atomic E-state index is 0.209. The lowest BCUT2D eigenvalue weighted by atomic mass is 9.99. The summed E-state index contributed by atoms with van der Waals surface area (Å²) in [4.78, 5) is 34.5. The molecule has 0 aromatic heterocycles. The zero-order valence-electron chi connectivity index (χ0n) is 12.9. The van der Waals surface area contributed by atoms with Crippen molar-refractivity contribution in [3.63, 3.8) is 0 Å². The topological polar surface area (TPSA) is 117 Å². The molecule has 8 nitrogen and oxygen atoms in total. The molecule has 0 aliphatic carbocycles. The number of urea groups is 1. The van der Waals surface area contributed by atoms with Crippen molar-refractivity contribution in [3.05, 3.63) is 0 Å². The summed E-state index contributed by atoms with van der Waals surface area (Å²) in [5.74, 6) is -1.67. The first-order valence-electron chi connectivity index (χ1n) is 6.89. The van der Waals surface area contributed by atoms with E-state index in [1.54, 1.807) is 6.92 Å². The SMILES string of the molecule is CCC(C)[C@H](NC(=O)NC(C)C(=O)NCCOC)C(=O)O. The van der Waals surface area contributed by atoms with Crippen molar-refractivity contribution in [1.29, 1.82) is 0 Å². The first-order valence-corrected chi connectivity index (χ1v) is 6.89. The van der Waals surface area contributed by atoms with Crippen LogP contribution < -0.4 is 16.0 Å². The van der Waals surface area contributed by atoms with Crippen molar-refractivity contribution in [2.75, 3.05) is 20.3 Å². The Morgan fingerprint density at radius 1 is 1.19 bits per heavy atom. The van der Waals surface area contributed by atoms with Gasteiger partial charge >= 0.3 is 12.0 Å². The number of ether oxygens (including phenoxy) is 1. The van der Waals surface area contributed by atoms with Gasteiger partial charge in [-0.15, -0.1) is 0 Å². The predicted molar refractivity (Wildman–Crippen MR) is 76.9 cm³/mol.